The number of hydrogen-bond acceptors (Lipinski definition) is 4. The normalized spacial score (nSPS) is 16.7. The van der Waals surface area contributed by atoms with Crippen LogP contribution in [0, 0.1) is 17.1 Å². The molecule has 0 spiro atoms. The van der Waals surface area contributed by atoms with Crippen LogP contribution in [0.4, 0.5) is 18.0 Å². The molecule has 0 aliphatic heterocycles. The van der Waals surface area contributed by atoms with Gasteiger partial charge >= 0.3 is 6.09 Å². The van der Waals surface area contributed by atoms with Crippen molar-refractivity contribution in [3.63, 3.8) is 0 Å². The predicted molar refractivity (Wildman–Crippen MR) is 113 cm³/mol. The third-order valence-electron chi connectivity index (χ3n) is 5.37. The first-order valence-electron chi connectivity index (χ1n) is 10.1. The number of carbonyl (C=O) groups excluding carboxylic acids is 1. The number of nitriles is 1. The number of nitrogens with one attached hydrogen (secondary N) is 1. The van der Waals surface area contributed by atoms with Gasteiger partial charge < -0.3 is 10.1 Å². The molecule has 1 N–H and O–H groups in total. The minimum absolute atomic E-state index is 0.0896. The minimum Gasteiger partial charge on any atom is -0.444 e. The van der Waals surface area contributed by atoms with Crippen LogP contribution in [0.5, 0.6) is 0 Å². The predicted octanol–water partition coefficient (Wildman–Crippen LogP) is 5.77. The summed E-state index contributed by atoms with van der Waals surface area (Å²) in [5.41, 5.74) is -0.847. The van der Waals surface area contributed by atoms with Crippen LogP contribution in [0.2, 0.25) is 5.02 Å². The molecule has 6 nitrogen and oxygen atoms in total. The van der Waals surface area contributed by atoms with Crippen molar-refractivity contribution in [2.45, 2.75) is 70.6 Å². The Bertz CT molecular complexity index is 1080. The van der Waals surface area contributed by atoms with E-state index in [1.807, 2.05) is 0 Å². The summed E-state index contributed by atoms with van der Waals surface area (Å²) in [6.45, 7) is 6.72. The van der Waals surface area contributed by atoms with Gasteiger partial charge in [0.25, 0.3) is 5.92 Å². The summed E-state index contributed by atoms with van der Waals surface area (Å²) in [7, 11) is 0. The molecular weight excluding hydrogens is 445 g/mol. The summed E-state index contributed by atoms with van der Waals surface area (Å²) in [5, 5.41) is 16.8. The first kappa shape index (κ1) is 23.9. The molecule has 2 aromatic rings. The van der Waals surface area contributed by atoms with Gasteiger partial charge in [0.15, 0.2) is 0 Å². The van der Waals surface area contributed by atoms with Gasteiger partial charge in [-0.25, -0.2) is 18.0 Å². The molecule has 1 aliphatic carbocycles. The zero-order valence-corrected chi connectivity index (χ0v) is 19.0. The molecule has 0 saturated heterocycles. The molecule has 10 heteroatoms. The zero-order valence-electron chi connectivity index (χ0n) is 18.2. The van der Waals surface area contributed by atoms with E-state index in [1.54, 1.807) is 27.7 Å². The molecule has 1 aliphatic rings. The van der Waals surface area contributed by atoms with E-state index in [1.165, 1.54) is 16.8 Å². The van der Waals surface area contributed by atoms with Crippen LogP contribution in [0.1, 0.15) is 58.2 Å². The van der Waals surface area contributed by atoms with Gasteiger partial charge in [-0.2, -0.15) is 10.4 Å². The highest BCUT2D eigenvalue weighted by molar-refractivity contribution is 6.31. The molecule has 1 aromatic carbocycles. The topological polar surface area (TPSA) is 79.9 Å². The third kappa shape index (κ3) is 4.70. The zero-order chi connectivity index (χ0) is 23.9. The van der Waals surface area contributed by atoms with Gasteiger partial charge in [0.05, 0.1) is 22.8 Å². The molecule has 3 rings (SSSR count). The summed E-state index contributed by atoms with van der Waals surface area (Å²) in [6.07, 6.45) is -1.25. The number of nitrogens with zero attached hydrogens (tertiary/aromatic N) is 3. The number of ether oxygens (including phenoxy) is 1. The van der Waals surface area contributed by atoms with Crippen LogP contribution in [-0.2, 0) is 16.8 Å². The van der Waals surface area contributed by atoms with Gasteiger partial charge in [-0.1, -0.05) is 18.5 Å². The van der Waals surface area contributed by atoms with Gasteiger partial charge in [0.2, 0.25) is 0 Å². The van der Waals surface area contributed by atoms with Gasteiger partial charge in [0.1, 0.15) is 28.7 Å². The van der Waals surface area contributed by atoms with E-state index in [9.17, 15) is 23.2 Å². The van der Waals surface area contributed by atoms with Crippen LogP contribution < -0.4 is 5.32 Å². The molecule has 32 heavy (non-hydrogen) atoms. The van der Waals surface area contributed by atoms with Crippen LogP contribution in [0.15, 0.2) is 18.2 Å². The number of alkyl halides is 2. The second-order valence-corrected chi connectivity index (χ2v) is 9.37. The number of alkyl carbamates (subject to hydrolysis) is 1. The number of hydrogen-bond donors (Lipinski definition) is 1. The number of rotatable bonds is 5. The fraction of sp³-hybridized carbons (Fsp3) is 0.500. The number of aromatic nitrogens is 2. The van der Waals surface area contributed by atoms with E-state index < -0.39 is 41.8 Å². The molecule has 1 saturated carbocycles. The average molecular weight is 469 g/mol. The highest BCUT2D eigenvalue weighted by Gasteiger charge is 2.58. The van der Waals surface area contributed by atoms with Crippen molar-refractivity contribution in [1.29, 1.82) is 5.26 Å². The van der Waals surface area contributed by atoms with E-state index in [0.717, 1.165) is 6.07 Å². The van der Waals surface area contributed by atoms with E-state index in [4.69, 9.17) is 16.3 Å². The maximum atomic E-state index is 13.9. The molecule has 0 atom stereocenters. The third-order valence-corrected chi connectivity index (χ3v) is 5.66. The molecule has 0 radical (unpaired) electrons. The highest BCUT2D eigenvalue weighted by atomic mass is 35.5. The summed E-state index contributed by atoms with van der Waals surface area (Å²) in [6, 6.07) is 5.93. The Morgan fingerprint density at radius 1 is 1.38 bits per heavy atom. The van der Waals surface area contributed by atoms with Crippen LogP contribution in [-0.4, -0.2) is 27.4 Å². The van der Waals surface area contributed by atoms with Crippen molar-refractivity contribution in [3.8, 4) is 17.3 Å². The lowest BCUT2D eigenvalue weighted by molar-refractivity contribution is -0.158. The lowest BCUT2D eigenvalue weighted by Crippen LogP contribution is -2.54. The van der Waals surface area contributed by atoms with Crippen molar-refractivity contribution in [1.82, 2.24) is 15.1 Å². The summed E-state index contributed by atoms with van der Waals surface area (Å²) in [5.74, 6) is -3.48. The van der Waals surface area contributed by atoms with Crippen molar-refractivity contribution in [2.75, 3.05) is 0 Å². The van der Waals surface area contributed by atoms with E-state index in [2.05, 4.69) is 16.5 Å². The Morgan fingerprint density at radius 2 is 2.03 bits per heavy atom. The Morgan fingerprint density at radius 3 is 2.53 bits per heavy atom. The molecule has 1 fully saturated rings. The van der Waals surface area contributed by atoms with E-state index >= 15 is 0 Å². The van der Waals surface area contributed by atoms with Gasteiger partial charge in [-0.15, -0.1) is 0 Å². The van der Waals surface area contributed by atoms with E-state index in [0.29, 0.717) is 12.0 Å². The number of carbonyl (C=O) groups is 1. The lowest BCUT2D eigenvalue weighted by atomic mass is 9.71. The SMILES string of the molecule is CCC1(n2nc(-c3ccc(F)c(Cl)c3)c(C#N)c2CNC(=O)OC(C)(C)C)CC(F)(F)C1. The molecule has 1 amide bonds. The largest absolute Gasteiger partial charge is 0.444 e. The van der Waals surface area contributed by atoms with Gasteiger partial charge in [-0.05, 0) is 45.4 Å². The maximum Gasteiger partial charge on any atom is 0.407 e. The Balaban J connectivity index is 2.08. The fourth-order valence-corrected chi connectivity index (χ4v) is 4.08. The molecule has 1 heterocycles. The molecule has 1 aromatic heterocycles. The number of benzene rings is 1. The van der Waals surface area contributed by atoms with E-state index in [-0.39, 0.29) is 28.5 Å². The van der Waals surface area contributed by atoms with Crippen LogP contribution >= 0.6 is 11.6 Å². The molecule has 0 unspecified atom stereocenters. The molecule has 0 bridgehead atoms. The monoisotopic (exact) mass is 468 g/mol. The fourth-order valence-electron chi connectivity index (χ4n) is 3.90. The first-order chi connectivity index (χ1) is 14.8. The standard InChI is InChI=1S/C22H24ClF3N4O2/c1-5-21(11-22(25,26)12-21)30-17(10-28-19(31)32-20(2,3)4)14(9-27)18(29-30)13-6-7-16(24)15(23)8-13/h6-8H,5,10-12H2,1-4H3,(H,28,31). The quantitative estimate of drug-likeness (QED) is 0.603. The second kappa shape index (κ2) is 8.32. The minimum atomic E-state index is -2.84. The highest BCUT2D eigenvalue weighted by Crippen LogP contribution is 2.53. The van der Waals surface area contributed by atoms with Crippen molar-refractivity contribution in [2.24, 2.45) is 0 Å². The Kier molecular flexibility index (Phi) is 6.22. The maximum absolute atomic E-state index is 13.9. The van der Waals surface area contributed by atoms with Crippen molar-refractivity contribution >= 4 is 17.7 Å². The first-order valence-corrected chi connectivity index (χ1v) is 10.5. The Hall–Kier alpha value is -2.73. The lowest BCUT2D eigenvalue weighted by Gasteiger charge is -2.47. The molecular formula is C22H24ClF3N4O2. The van der Waals surface area contributed by atoms with Crippen molar-refractivity contribution < 1.29 is 22.7 Å². The smallest absolute Gasteiger partial charge is 0.407 e. The average Bonchev–Trinajstić information content (AvgIpc) is 3.03. The van der Waals surface area contributed by atoms with Gasteiger partial charge in [-0.3, -0.25) is 4.68 Å². The number of amides is 1. The van der Waals surface area contributed by atoms with Crippen LogP contribution in [0.25, 0.3) is 11.3 Å². The summed E-state index contributed by atoms with van der Waals surface area (Å²) < 4.78 is 48.1. The van der Waals surface area contributed by atoms with Crippen LogP contribution in [0.3, 0.4) is 0 Å². The second-order valence-electron chi connectivity index (χ2n) is 8.97. The Labute approximate surface area is 189 Å². The van der Waals surface area contributed by atoms with Crippen molar-refractivity contribution in [3.05, 3.63) is 40.3 Å². The molecule has 172 valence electrons. The summed E-state index contributed by atoms with van der Waals surface area (Å²) >= 11 is 5.90. The summed E-state index contributed by atoms with van der Waals surface area (Å²) in [4.78, 5) is 12.2. The van der Waals surface area contributed by atoms with Gasteiger partial charge in [0, 0.05) is 18.4 Å². The number of halogens is 4.